The van der Waals surface area contributed by atoms with Gasteiger partial charge in [-0.05, 0) is 40.5 Å². The number of nitriles is 1. The van der Waals surface area contributed by atoms with Crippen LogP contribution in [0.1, 0.15) is 22.8 Å². The van der Waals surface area contributed by atoms with Crippen molar-refractivity contribution in [3.05, 3.63) is 39.0 Å². The van der Waals surface area contributed by atoms with Crippen LogP contribution in [0.3, 0.4) is 0 Å². The number of hydrogen-bond donors (Lipinski definition) is 2. The van der Waals surface area contributed by atoms with Gasteiger partial charge in [0.2, 0.25) is 0 Å². The lowest BCUT2D eigenvalue weighted by atomic mass is 10.2. The van der Waals surface area contributed by atoms with Crippen LogP contribution in [-0.4, -0.2) is 21.9 Å². The maximum absolute atomic E-state index is 12.2. The van der Waals surface area contributed by atoms with Crippen LogP contribution in [0.25, 0.3) is 0 Å². The van der Waals surface area contributed by atoms with E-state index >= 15 is 0 Å². The fourth-order valence-electron chi connectivity index (χ4n) is 1.59. The van der Waals surface area contributed by atoms with E-state index in [9.17, 15) is 10.1 Å². The Bertz CT molecular complexity index is 677. The van der Waals surface area contributed by atoms with Crippen molar-refractivity contribution in [1.82, 2.24) is 10.2 Å². The highest BCUT2D eigenvalue weighted by Gasteiger charge is 2.17. The van der Waals surface area contributed by atoms with Crippen molar-refractivity contribution in [2.24, 2.45) is 0 Å². The first kappa shape index (κ1) is 14.9. The molecule has 102 valence electrons. The molecule has 20 heavy (non-hydrogen) atoms. The summed E-state index contributed by atoms with van der Waals surface area (Å²) in [5, 5.41) is 19.2. The van der Waals surface area contributed by atoms with Gasteiger partial charge in [0.1, 0.15) is 22.5 Å². The normalized spacial score (nSPS) is 10.1. The SMILES string of the molecule is CCSc1n[nH]c(NC(=O)c2ccccc2I)c1C#N. The van der Waals surface area contributed by atoms with Gasteiger partial charge in [-0.2, -0.15) is 10.4 Å². The summed E-state index contributed by atoms with van der Waals surface area (Å²) in [5.74, 6) is 0.889. The molecule has 0 bridgehead atoms. The van der Waals surface area contributed by atoms with Crippen molar-refractivity contribution in [2.45, 2.75) is 11.9 Å². The molecule has 1 aromatic heterocycles. The monoisotopic (exact) mass is 398 g/mol. The van der Waals surface area contributed by atoms with Gasteiger partial charge >= 0.3 is 0 Å². The van der Waals surface area contributed by atoms with Crippen molar-refractivity contribution in [2.75, 3.05) is 11.1 Å². The summed E-state index contributed by atoms with van der Waals surface area (Å²) in [7, 11) is 0. The van der Waals surface area contributed by atoms with Crippen molar-refractivity contribution in [3.8, 4) is 6.07 Å². The Labute approximate surface area is 134 Å². The molecule has 0 atom stereocenters. The molecule has 1 amide bonds. The molecule has 0 aliphatic carbocycles. The highest BCUT2D eigenvalue weighted by Crippen LogP contribution is 2.25. The fraction of sp³-hybridized carbons (Fsp3) is 0.154. The van der Waals surface area contributed by atoms with Gasteiger partial charge < -0.3 is 5.32 Å². The number of carbonyl (C=O) groups is 1. The molecule has 0 fully saturated rings. The Hall–Kier alpha value is -1.53. The van der Waals surface area contributed by atoms with Crippen molar-refractivity contribution in [3.63, 3.8) is 0 Å². The lowest BCUT2D eigenvalue weighted by Crippen LogP contribution is -2.14. The van der Waals surface area contributed by atoms with Crippen molar-refractivity contribution < 1.29 is 4.79 Å². The summed E-state index contributed by atoms with van der Waals surface area (Å²) in [6.45, 7) is 1.98. The molecule has 0 unspecified atom stereocenters. The summed E-state index contributed by atoms with van der Waals surface area (Å²) in [5.41, 5.74) is 0.937. The summed E-state index contributed by atoms with van der Waals surface area (Å²) >= 11 is 3.55. The lowest BCUT2D eigenvalue weighted by molar-refractivity contribution is 0.102. The summed E-state index contributed by atoms with van der Waals surface area (Å²) in [6.07, 6.45) is 0. The molecular weight excluding hydrogens is 387 g/mol. The van der Waals surface area contributed by atoms with Crippen LogP contribution in [0.5, 0.6) is 0 Å². The number of amides is 1. The van der Waals surface area contributed by atoms with E-state index in [2.05, 4.69) is 44.2 Å². The first-order valence-corrected chi connectivity index (χ1v) is 7.91. The van der Waals surface area contributed by atoms with E-state index in [-0.39, 0.29) is 5.91 Å². The Morgan fingerprint density at radius 1 is 1.55 bits per heavy atom. The molecule has 0 saturated heterocycles. The van der Waals surface area contributed by atoms with Gasteiger partial charge in [-0.15, -0.1) is 11.8 Å². The standard InChI is InChI=1S/C13H11IN4OS/c1-2-20-13-9(7-15)11(17-18-13)16-12(19)8-5-3-4-6-10(8)14/h3-6H,2H2,1H3,(H2,16,17,18,19). The smallest absolute Gasteiger partial charge is 0.257 e. The molecule has 1 heterocycles. The van der Waals surface area contributed by atoms with Crippen molar-refractivity contribution in [1.29, 1.82) is 5.26 Å². The van der Waals surface area contributed by atoms with Gasteiger partial charge in [0.05, 0.1) is 5.56 Å². The van der Waals surface area contributed by atoms with Crippen molar-refractivity contribution >= 4 is 46.1 Å². The van der Waals surface area contributed by atoms with Crippen LogP contribution in [0.4, 0.5) is 5.82 Å². The van der Waals surface area contributed by atoms with E-state index in [1.54, 1.807) is 12.1 Å². The zero-order valence-electron chi connectivity index (χ0n) is 10.6. The second-order valence-corrected chi connectivity index (χ2v) is 6.17. The van der Waals surface area contributed by atoms with E-state index in [0.717, 1.165) is 9.32 Å². The maximum Gasteiger partial charge on any atom is 0.257 e. The number of hydrogen-bond acceptors (Lipinski definition) is 4. The molecule has 2 aromatic rings. The zero-order valence-corrected chi connectivity index (χ0v) is 13.6. The molecule has 7 heteroatoms. The molecule has 2 rings (SSSR count). The number of thioether (sulfide) groups is 1. The van der Waals surface area contributed by atoms with E-state index in [1.807, 2.05) is 19.1 Å². The van der Waals surface area contributed by atoms with Crippen LogP contribution in [-0.2, 0) is 0 Å². The number of aromatic amines is 1. The van der Waals surface area contributed by atoms with Gasteiger partial charge in [0, 0.05) is 3.57 Å². The fourth-order valence-corrected chi connectivity index (χ4v) is 2.89. The number of carbonyl (C=O) groups excluding carboxylic acids is 1. The molecule has 1 aromatic carbocycles. The molecule has 0 spiro atoms. The molecule has 0 radical (unpaired) electrons. The summed E-state index contributed by atoms with van der Waals surface area (Å²) < 4.78 is 0.851. The predicted molar refractivity (Wildman–Crippen MR) is 86.8 cm³/mol. The van der Waals surface area contributed by atoms with Crippen LogP contribution >= 0.6 is 34.4 Å². The number of benzene rings is 1. The first-order chi connectivity index (χ1) is 9.67. The number of nitrogens with one attached hydrogen (secondary N) is 2. The summed E-state index contributed by atoms with van der Waals surface area (Å²) in [6, 6.07) is 9.33. The molecular formula is C13H11IN4OS. The number of aromatic nitrogens is 2. The molecule has 0 saturated carbocycles. The third-order valence-electron chi connectivity index (χ3n) is 2.48. The van der Waals surface area contributed by atoms with Gasteiger partial charge in [-0.3, -0.25) is 9.89 Å². The van der Waals surface area contributed by atoms with Gasteiger partial charge in [0.25, 0.3) is 5.91 Å². The number of halogens is 1. The quantitative estimate of drug-likeness (QED) is 0.612. The lowest BCUT2D eigenvalue weighted by Gasteiger charge is -2.05. The largest absolute Gasteiger partial charge is 0.306 e. The second kappa shape index (κ2) is 6.76. The number of anilines is 1. The molecule has 0 aliphatic rings. The van der Waals surface area contributed by atoms with Crippen LogP contribution in [0, 0.1) is 14.9 Å². The Balaban J connectivity index is 2.25. The summed E-state index contributed by atoms with van der Waals surface area (Å²) in [4.78, 5) is 12.2. The van der Waals surface area contributed by atoms with Crippen LogP contribution in [0.15, 0.2) is 29.3 Å². The third-order valence-corrected chi connectivity index (χ3v) is 4.28. The number of H-pyrrole nitrogens is 1. The van der Waals surface area contributed by atoms with E-state index in [1.165, 1.54) is 11.8 Å². The molecule has 0 aliphatic heterocycles. The average Bonchev–Trinajstić information content (AvgIpc) is 2.81. The minimum atomic E-state index is -0.261. The Morgan fingerprint density at radius 3 is 2.95 bits per heavy atom. The molecule has 2 N–H and O–H groups in total. The Kier molecular flexibility index (Phi) is 5.03. The predicted octanol–water partition coefficient (Wildman–Crippen LogP) is 3.25. The molecule has 5 nitrogen and oxygen atoms in total. The minimum Gasteiger partial charge on any atom is -0.306 e. The second-order valence-electron chi connectivity index (χ2n) is 3.76. The highest BCUT2D eigenvalue weighted by atomic mass is 127. The third kappa shape index (κ3) is 3.13. The topological polar surface area (TPSA) is 81.6 Å². The zero-order chi connectivity index (χ0) is 14.5. The Morgan fingerprint density at radius 2 is 2.30 bits per heavy atom. The minimum absolute atomic E-state index is 0.261. The van der Waals surface area contributed by atoms with Crippen LogP contribution < -0.4 is 5.32 Å². The van der Waals surface area contributed by atoms with E-state index in [4.69, 9.17) is 0 Å². The van der Waals surface area contributed by atoms with E-state index < -0.39 is 0 Å². The van der Waals surface area contributed by atoms with Gasteiger partial charge in [-0.25, -0.2) is 0 Å². The van der Waals surface area contributed by atoms with Crippen LogP contribution in [0.2, 0.25) is 0 Å². The number of nitrogens with zero attached hydrogens (tertiary/aromatic N) is 2. The average molecular weight is 398 g/mol. The maximum atomic E-state index is 12.2. The number of rotatable bonds is 4. The highest BCUT2D eigenvalue weighted by molar-refractivity contribution is 14.1. The van der Waals surface area contributed by atoms with E-state index in [0.29, 0.717) is 22.0 Å². The first-order valence-electron chi connectivity index (χ1n) is 5.84. The van der Waals surface area contributed by atoms with Gasteiger partial charge in [-0.1, -0.05) is 19.1 Å². The van der Waals surface area contributed by atoms with Gasteiger partial charge in [0.15, 0.2) is 0 Å².